The molecule has 2 aliphatic rings. The molecule has 0 spiro atoms. The second-order valence-corrected chi connectivity index (χ2v) is 3.63. The molecule has 9 heavy (non-hydrogen) atoms. The van der Waals surface area contributed by atoms with Crippen LogP contribution in [0.4, 0.5) is 0 Å². The van der Waals surface area contributed by atoms with Crippen LogP contribution in [0.1, 0.15) is 26.2 Å². The first-order chi connectivity index (χ1) is 4.29. The van der Waals surface area contributed by atoms with Gasteiger partial charge in [0.25, 0.3) is 0 Å². The highest BCUT2D eigenvalue weighted by atomic mass is 14.4. The first-order valence-electron chi connectivity index (χ1n) is 3.97. The summed E-state index contributed by atoms with van der Waals surface area (Å²) in [6.45, 7) is 6.46. The van der Waals surface area contributed by atoms with E-state index in [2.05, 4.69) is 13.5 Å². The smallest absolute Gasteiger partial charge is 0.0200 e. The van der Waals surface area contributed by atoms with Crippen LogP contribution in [0.15, 0.2) is 12.2 Å². The summed E-state index contributed by atoms with van der Waals surface area (Å²) < 4.78 is 0. The largest absolute Gasteiger partial charge is 0.0993 e. The summed E-state index contributed by atoms with van der Waals surface area (Å²) >= 11 is 0. The van der Waals surface area contributed by atoms with E-state index in [1.807, 2.05) is 0 Å². The summed E-state index contributed by atoms with van der Waals surface area (Å²) in [6, 6.07) is 0. The lowest BCUT2D eigenvalue weighted by Gasteiger charge is -2.19. The van der Waals surface area contributed by atoms with Crippen molar-refractivity contribution in [1.29, 1.82) is 0 Å². The predicted molar refractivity (Wildman–Crippen MR) is 39.1 cm³/mol. The molecule has 50 valence electrons. The van der Waals surface area contributed by atoms with Crippen molar-refractivity contribution in [2.24, 2.45) is 17.8 Å². The highest BCUT2D eigenvalue weighted by Crippen LogP contribution is 2.50. The standard InChI is InChI=1S/C9H14/c1-6-7(2)9-4-3-8(6)5-9/h7-9H,1,3-5H2,2H3/t7-,8-,9+/m1/s1. The van der Waals surface area contributed by atoms with Crippen LogP contribution in [0.2, 0.25) is 0 Å². The Hall–Kier alpha value is -0.260. The third-order valence-corrected chi connectivity index (χ3v) is 3.29. The van der Waals surface area contributed by atoms with Crippen LogP contribution < -0.4 is 0 Å². The molecular formula is C9H14. The third-order valence-electron chi connectivity index (χ3n) is 3.29. The molecule has 0 heteroatoms. The number of fused-ring (bicyclic) bond motifs is 2. The Morgan fingerprint density at radius 3 is 2.56 bits per heavy atom. The van der Waals surface area contributed by atoms with Crippen molar-refractivity contribution in [1.82, 2.24) is 0 Å². The van der Waals surface area contributed by atoms with Crippen molar-refractivity contribution in [2.75, 3.05) is 0 Å². The minimum absolute atomic E-state index is 0.851. The SMILES string of the molecule is C=C1[C@@H]2CC[C@@H](C2)[C@@H]1C. The number of hydrogen-bond acceptors (Lipinski definition) is 0. The Balaban J connectivity index is 2.25. The van der Waals surface area contributed by atoms with E-state index in [0.29, 0.717) is 0 Å². The van der Waals surface area contributed by atoms with Crippen molar-refractivity contribution in [3.8, 4) is 0 Å². The van der Waals surface area contributed by atoms with Gasteiger partial charge in [-0.15, -0.1) is 0 Å². The topological polar surface area (TPSA) is 0 Å². The van der Waals surface area contributed by atoms with Crippen LogP contribution in [0.25, 0.3) is 0 Å². The van der Waals surface area contributed by atoms with Gasteiger partial charge in [-0.3, -0.25) is 0 Å². The van der Waals surface area contributed by atoms with Gasteiger partial charge in [-0.2, -0.15) is 0 Å². The molecule has 0 saturated heterocycles. The first-order valence-corrected chi connectivity index (χ1v) is 3.97. The Bertz CT molecular complexity index is 142. The lowest BCUT2D eigenvalue weighted by atomic mass is 9.87. The van der Waals surface area contributed by atoms with Crippen molar-refractivity contribution in [2.45, 2.75) is 26.2 Å². The molecular weight excluding hydrogens is 108 g/mol. The van der Waals surface area contributed by atoms with E-state index in [1.165, 1.54) is 19.3 Å². The molecule has 2 aliphatic carbocycles. The fourth-order valence-electron chi connectivity index (χ4n) is 2.48. The van der Waals surface area contributed by atoms with Crippen molar-refractivity contribution >= 4 is 0 Å². The normalized spacial score (nSPS) is 48.6. The van der Waals surface area contributed by atoms with Crippen LogP contribution in [-0.2, 0) is 0 Å². The van der Waals surface area contributed by atoms with Crippen LogP contribution >= 0.6 is 0 Å². The average Bonchev–Trinajstić information content (AvgIpc) is 2.37. The zero-order chi connectivity index (χ0) is 6.43. The van der Waals surface area contributed by atoms with Gasteiger partial charge >= 0.3 is 0 Å². The molecule has 2 fully saturated rings. The molecule has 0 amide bonds. The minimum atomic E-state index is 0.851. The van der Waals surface area contributed by atoms with E-state index >= 15 is 0 Å². The van der Waals surface area contributed by atoms with Crippen LogP contribution in [0.3, 0.4) is 0 Å². The van der Waals surface area contributed by atoms with Crippen molar-refractivity contribution in [3.05, 3.63) is 12.2 Å². The summed E-state index contributed by atoms with van der Waals surface area (Å²) in [5, 5.41) is 0. The Kier molecular flexibility index (Phi) is 0.992. The maximum Gasteiger partial charge on any atom is -0.0200 e. The maximum atomic E-state index is 4.12. The fourth-order valence-corrected chi connectivity index (χ4v) is 2.48. The molecule has 3 atom stereocenters. The highest BCUT2D eigenvalue weighted by Gasteiger charge is 2.39. The van der Waals surface area contributed by atoms with Gasteiger partial charge < -0.3 is 0 Å². The molecule has 0 aromatic rings. The van der Waals surface area contributed by atoms with Gasteiger partial charge in [0.2, 0.25) is 0 Å². The molecule has 2 bridgehead atoms. The third kappa shape index (κ3) is 0.593. The van der Waals surface area contributed by atoms with Crippen LogP contribution in [0, 0.1) is 17.8 Å². The predicted octanol–water partition coefficient (Wildman–Crippen LogP) is 2.61. The first kappa shape index (κ1) is 5.52. The number of allylic oxidation sites excluding steroid dienone is 1. The van der Waals surface area contributed by atoms with Crippen molar-refractivity contribution in [3.63, 3.8) is 0 Å². The van der Waals surface area contributed by atoms with Crippen LogP contribution in [0.5, 0.6) is 0 Å². The summed E-state index contributed by atoms with van der Waals surface area (Å²) in [5.41, 5.74) is 1.55. The van der Waals surface area contributed by atoms with Gasteiger partial charge in [0, 0.05) is 0 Å². The molecule has 0 aromatic heterocycles. The average molecular weight is 122 g/mol. The van der Waals surface area contributed by atoms with E-state index in [1.54, 1.807) is 5.57 Å². The summed E-state index contributed by atoms with van der Waals surface area (Å²) in [7, 11) is 0. The molecule has 0 nitrogen and oxygen atoms in total. The second kappa shape index (κ2) is 1.62. The molecule has 0 unspecified atom stereocenters. The summed E-state index contributed by atoms with van der Waals surface area (Å²) in [5.74, 6) is 2.79. The maximum absolute atomic E-state index is 4.12. The Morgan fingerprint density at radius 2 is 2.22 bits per heavy atom. The van der Waals surface area contributed by atoms with Crippen LogP contribution in [-0.4, -0.2) is 0 Å². The minimum Gasteiger partial charge on any atom is -0.0993 e. The summed E-state index contributed by atoms with van der Waals surface area (Å²) in [6.07, 6.45) is 4.37. The second-order valence-electron chi connectivity index (χ2n) is 3.63. The summed E-state index contributed by atoms with van der Waals surface area (Å²) in [4.78, 5) is 0. The van der Waals surface area contributed by atoms with E-state index in [-0.39, 0.29) is 0 Å². The lowest BCUT2D eigenvalue weighted by Crippen LogP contribution is -2.08. The van der Waals surface area contributed by atoms with E-state index in [9.17, 15) is 0 Å². The van der Waals surface area contributed by atoms with Gasteiger partial charge in [0.15, 0.2) is 0 Å². The number of hydrogen-bond donors (Lipinski definition) is 0. The lowest BCUT2D eigenvalue weighted by molar-refractivity contribution is 0.436. The molecule has 0 radical (unpaired) electrons. The zero-order valence-corrected chi connectivity index (χ0v) is 6.06. The van der Waals surface area contributed by atoms with E-state index in [4.69, 9.17) is 0 Å². The zero-order valence-electron chi connectivity index (χ0n) is 6.06. The fraction of sp³-hybridized carbons (Fsp3) is 0.778. The molecule has 2 saturated carbocycles. The van der Waals surface area contributed by atoms with Gasteiger partial charge in [-0.1, -0.05) is 19.1 Å². The van der Waals surface area contributed by atoms with Gasteiger partial charge in [0.1, 0.15) is 0 Å². The molecule has 0 heterocycles. The Labute approximate surface area is 57.0 Å². The van der Waals surface area contributed by atoms with Gasteiger partial charge in [-0.05, 0) is 37.0 Å². The highest BCUT2D eigenvalue weighted by molar-refractivity contribution is 5.16. The number of rotatable bonds is 0. The quantitative estimate of drug-likeness (QED) is 0.433. The monoisotopic (exact) mass is 122 g/mol. The van der Waals surface area contributed by atoms with Gasteiger partial charge in [0.05, 0.1) is 0 Å². The van der Waals surface area contributed by atoms with Gasteiger partial charge in [-0.25, -0.2) is 0 Å². The van der Waals surface area contributed by atoms with E-state index in [0.717, 1.165) is 17.8 Å². The molecule has 0 aliphatic heterocycles. The molecule has 0 N–H and O–H groups in total. The molecule has 0 aromatic carbocycles. The molecule has 2 rings (SSSR count). The van der Waals surface area contributed by atoms with Crippen molar-refractivity contribution < 1.29 is 0 Å². The Morgan fingerprint density at radius 1 is 1.44 bits per heavy atom. The van der Waals surface area contributed by atoms with E-state index < -0.39 is 0 Å².